The van der Waals surface area contributed by atoms with Crippen LogP contribution in [0.4, 0.5) is 0 Å². The molecule has 6 nitrogen and oxygen atoms in total. The lowest BCUT2D eigenvalue weighted by Crippen LogP contribution is -2.01. The van der Waals surface area contributed by atoms with Gasteiger partial charge in [0.25, 0.3) is 0 Å². The van der Waals surface area contributed by atoms with E-state index in [9.17, 15) is 9.90 Å². The summed E-state index contributed by atoms with van der Waals surface area (Å²) in [5.74, 6) is -0.384. The summed E-state index contributed by atoms with van der Waals surface area (Å²) in [5.41, 5.74) is 5.10. The molecule has 0 bridgehead atoms. The molecule has 4 rings (SSSR count). The fraction of sp³-hybridized carbons (Fsp3) is 0.294. The minimum atomic E-state index is -0.968. The van der Waals surface area contributed by atoms with E-state index in [0.29, 0.717) is 28.3 Å². The smallest absolute Gasteiger partial charge is 0.336 e. The molecule has 122 valence electrons. The first-order valence-electron chi connectivity index (χ1n) is 7.73. The molecule has 0 radical (unpaired) electrons. The minimum Gasteiger partial charge on any atom is -0.478 e. The van der Waals surface area contributed by atoms with E-state index < -0.39 is 5.97 Å². The summed E-state index contributed by atoms with van der Waals surface area (Å²) in [7, 11) is 1.77. The standard InChI is InChI=1S/C17H16N4O2S/c1-9-14-12(17(22)23)7-11(19-16(14)21(2)20-9)5-6-13-15(10-3-4-10)18-8-24-13/h5-8,10H,3-4H2,1-2H3,(H,22,23)/b6-5+. The predicted molar refractivity (Wildman–Crippen MR) is 93.2 cm³/mol. The van der Waals surface area contributed by atoms with E-state index in [2.05, 4.69) is 15.1 Å². The molecule has 0 atom stereocenters. The molecule has 3 aromatic heterocycles. The van der Waals surface area contributed by atoms with Gasteiger partial charge in [0.2, 0.25) is 0 Å². The average molecular weight is 340 g/mol. The molecule has 0 spiro atoms. The molecule has 3 aromatic rings. The maximum atomic E-state index is 11.6. The first-order chi connectivity index (χ1) is 11.5. The molecule has 0 aliphatic heterocycles. The second kappa shape index (κ2) is 5.52. The molecular weight excluding hydrogens is 324 g/mol. The van der Waals surface area contributed by atoms with E-state index >= 15 is 0 Å². The van der Waals surface area contributed by atoms with Crippen LogP contribution in [0.5, 0.6) is 0 Å². The summed E-state index contributed by atoms with van der Waals surface area (Å²) >= 11 is 1.60. The predicted octanol–water partition coefficient (Wildman–Crippen LogP) is 3.48. The second-order valence-corrected chi connectivity index (χ2v) is 6.90. The van der Waals surface area contributed by atoms with Crippen LogP contribution >= 0.6 is 11.3 Å². The number of aryl methyl sites for hydroxylation is 2. The van der Waals surface area contributed by atoms with Crippen molar-refractivity contribution in [2.45, 2.75) is 25.7 Å². The monoisotopic (exact) mass is 340 g/mol. The van der Waals surface area contributed by atoms with Gasteiger partial charge in [0, 0.05) is 13.0 Å². The Hall–Kier alpha value is -2.54. The van der Waals surface area contributed by atoms with Crippen LogP contribution in [0.15, 0.2) is 11.6 Å². The number of carbonyl (C=O) groups is 1. The van der Waals surface area contributed by atoms with Crippen LogP contribution in [0, 0.1) is 6.92 Å². The fourth-order valence-electron chi connectivity index (χ4n) is 2.93. The summed E-state index contributed by atoms with van der Waals surface area (Å²) < 4.78 is 1.62. The van der Waals surface area contributed by atoms with E-state index in [4.69, 9.17) is 0 Å². The van der Waals surface area contributed by atoms with E-state index in [0.717, 1.165) is 10.6 Å². The Morgan fingerprint density at radius 2 is 2.21 bits per heavy atom. The molecule has 1 fully saturated rings. The fourth-order valence-corrected chi connectivity index (χ4v) is 3.70. The minimum absolute atomic E-state index is 0.233. The van der Waals surface area contributed by atoms with Crippen LogP contribution < -0.4 is 0 Å². The van der Waals surface area contributed by atoms with Gasteiger partial charge in [-0.2, -0.15) is 5.10 Å². The van der Waals surface area contributed by atoms with Crippen molar-refractivity contribution in [3.8, 4) is 0 Å². The highest BCUT2D eigenvalue weighted by Gasteiger charge is 2.27. The van der Waals surface area contributed by atoms with Crippen LogP contribution in [-0.4, -0.2) is 30.8 Å². The first-order valence-corrected chi connectivity index (χ1v) is 8.61. The van der Waals surface area contributed by atoms with Crippen molar-refractivity contribution in [3.63, 3.8) is 0 Å². The Bertz CT molecular complexity index is 982. The van der Waals surface area contributed by atoms with Crippen molar-refractivity contribution in [3.05, 3.63) is 39.1 Å². The van der Waals surface area contributed by atoms with Crippen molar-refractivity contribution in [2.75, 3.05) is 0 Å². The van der Waals surface area contributed by atoms with Gasteiger partial charge in [-0.05, 0) is 38.0 Å². The quantitative estimate of drug-likeness (QED) is 0.786. The summed E-state index contributed by atoms with van der Waals surface area (Å²) in [4.78, 5) is 21.7. The van der Waals surface area contributed by atoms with Crippen LogP contribution in [0.25, 0.3) is 23.2 Å². The number of pyridine rings is 1. The van der Waals surface area contributed by atoms with Gasteiger partial charge in [-0.1, -0.05) is 0 Å². The van der Waals surface area contributed by atoms with Gasteiger partial charge in [-0.15, -0.1) is 11.3 Å². The Labute approximate surface area is 142 Å². The number of rotatable bonds is 4. The maximum absolute atomic E-state index is 11.6. The van der Waals surface area contributed by atoms with Gasteiger partial charge >= 0.3 is 5.97 Å². The van der Waals surface area contributed by atoms with Gasteiger partial charge in [-0.25, -0.2) is 14.8 Å². The van der Waals surface area contributed by atoms with Crippen LogP contribution in [-0.2, 0) is 7.05 Å². The van der Waals surface area contributed by atoms with Gasteiger partial charge in [0.15, 0.2) is 5.65 Å². The third kappa shape index (κ3) is 2.50. The molecule has 0 aromatic carbocycles. The third-order valence-electron chi connectivity index (χ3n) is 4.21. The number of carboxylic acids is 1. The molecule has 24 heavy (non-hydrogen) atoms. The van der Waals surface area contributed by atoms with Gasteiger partial charge in [0.1, 0.15) is 0 Å². The van der Waals surface area contributed by atoms with Crippen LogP contribution in [0.2, 0.25) is 0 Å². The van der Waals surface area contributed by atoms with Gasteiger partial charge < -0.3 is 5.11 Å². The molecule has 3 heterocycles. The zero-order valence-electron chi connectivity index (χ0n) is 13.4. The van der Waals surface area contributed by atoms with Crippen molar-refractivity contribution in [1.82, 2.24) is 19.7 Å². The molecule has 0 unspecified atom stereocenters. The van der Waals surface area contributed by atoms with Crippen LogP contribution in [0.1, 0.15) is 51.1 Å². The summed E-state index contributed by atoms with van der Waals surface area (Å²) in [5, 5.41) is 14.4. The number of hydrogen-bond acceptors (Lipinski definition) is 5. The van der Waals surface area contributed by atoms with E-state index in [1.807, 2.05) is 17.7 Å². The number of aromatic nitrogens is 4. The lowest BCUT2D eigenvalue weighted by Gasteiger charge is -2.02. The van der Waals surface area contributed by atoms with Crippen molar-refractivity contribution in [2.24, 2.45) is 7.05 Å². The van der Waals surface area contributed by atoms with E-state index in [1.165, 1.54) is 12.8 Å². The summed E-state index contributed by atoms with van der Waals surface area (Å²) in [6, 6.07) is 1.60. The van der Waals surface area contributed by atoms with Gasteiger partial charge in [-0.3, -0.25) is 4.68 Å². The van der Waals surface area contributed by atoms with Crippen molar-refractivity contribution >= 4 is 40.5 Å². The third-order valence-corrected chi connectivity index (χ3v) is 5.02. The zero-order chi connectivity index (χ0) is 16.8. The highest BCUT2D eigenvalue weighted by Crippen LogP contribution is 2.42. The molecule has 0 saturated heterocycles. The number of carboxylic acid groups (broad SMARTS) is 1. The van der Waals surface area contributed by atoms with Crippen molar-refractivity contribution < 1.29 is 9.90 Å². The number of fused-ring (bicyclic) bond motifs is 1. The Morgan fingerprint density at radius 3 is 2.92 bits per heavy atom. The molecule has 1 saturated carbocycles. The van der Waals surface area contributed by atoms with E-state index in [1.54, 1.807) is 36.1 Å². The Balaban J connectivity index is 1.79. The largest absolute Gasteiger partial charge is 0.478 e. The first kappa shape index (κ1) is 15.0. The molecule has 1 N–H and O–H groups in total. The normalized spacial score (nSPS) is 14.8. The number of hydrogen-bond donors (Lipinski definition) is 1. The summed E-state index contributed by atoms with van der Waals surface area (Å²) in [6.07, 6.45) is 6.24. The average Bonchev–Trinajstić information content (AvgIpc) is 3.22. The SMILES string of the molecule is Cc1nn(C)c2nc(/C=C/c3scnc3C3CC3)cc(C(=O)O)c12. The molecule has 0 amide bonds. The highest BCUT2D eigenvalue weighted by atomic mass is 32.1. The molecule has 1 aliphatic rings. The zero-order valence-corrected chi connectivity index (χ0v) is 14.2. The Morgan fingerprint density at radius 1 is 1.42 bits per heavy atom. The summed E-state index contributed by atoms with van der Waals surface area (Å²) in [6.45, 7) is 1.80. The van der Waals surface area contributed by atoms with E-state index in [-0.39, 0.29) is 5.56 Å². The Kier molecular flexibility index (Phi) is 3.45. The lowest BCUT2D eigenvalue weighted by atomic mass is 10.1. The topological polar surface area (TPSA) is 80.9 Å². The van der Waals surface area contributed by atoms with Gasteiger partial charge in [0.05, 0.1) is 38.4 Å². The molecule has 1 aliphatic carbocycles. The number of thiazole rings is 1. The number of aromatic carboxylic acids is 1. The number of nitrogens with zero attached hydrogens (tertiary/aromatic N) is 4. The van der Waals surface area contributed by atoms with Crippen molar-refractivity contribution in [1.29, 1.82) is 0 Å². The second-order valence-electron chi connectivity index (χ2n) is 6.02. The lowest BCUT2D eigenvalue weighted by molar-refractivity contribution is 0.0699. The highest BCUT2D eigenvalue weighted by molar-refractivity contribution is 7.10. The maximum Gasteiger partial charge on any atom is 0.336 e. The van der Waals surface area contributed by atoms with Crippen LogP contribution in [0.3, 0.4) is 0 Å². The molecular formula is C17H16N4O2S. The molecule has 7 heteroatoms.